The van der Waals surface area contributed by atoms with Crippen LogP contribution in [0.4, 0.5) is 0 Å². The van der Waals surface area contributed by atoms with Crippen LogP contribution in [-0.4, -0.2) is 11.5 Å². The molecule has 0 aliphatic rings. The van der Waals surface area contributed by atoms with Gasteiger partial charge in [-0.15, -0.1) is 11.3 Å². The van der Waals surface area contributed by atoms with Gasteiger partial charge >= 0.3 is 0 Å². The summed E-state index contributed by atoms with van der Waals surface area (Å²) in [5, 5.41) is 3.61. The lowest BCUT2D eigenvalue weighted by atomic mass is 10.0. The smallest absolute Gasteiger partial charge is 0.0701 e. The molecule has 1 N–H and O–H groups in total. The molecule has 0 amide bonds. The number of aryl methyl sites for hydroxylation is 1. The summed E-state index contributed by atoms with van der Waals surface area (Å²) in [7, 11) is 0. The van der Waals surface area contributed by atoms with Crippen LogP contribution < -0.4 is 5.32 Å². The Morgan fingerprint density at radius 3 is 2.74 bits per heavy atom. The van der Waals surface area contributed by atoms with Crippen molar-refractivity contribution in [2.45, 2.75) is 32.7 Å². The highest BCUT2D eigenvalue weighted by Gasteiger charge is 2.13. The summed E-state index contributed by atoms with van der Waals surface area (Å²) in [6.07, 6.45) is 4.15. The zero-order valence-electron chi connectivity index (χ0n) is 11.3. The van der Waals surface area contributed by atoms with Gasteiger partial charge in [-0.05, 0) is 59.6 Å². The third kappa shape index (κ3) is 4.41. The molecule has 1 atom stereocenters. The van der Waals surface area contributed by atoms with Gasteiger partial charge in [-0.1, -0.05) is 13.0 Å². The summed E-state index contributed by atoms with van der Waals surface area (Å²) >= 11 is 5.33. The zero-order chi connectivity index (χ0) is 13.7. The molecule has 4 heteroatoms. The number of hydrogen-bond acceptors (Lipinski definition) is 3. The minimum absolute atomic E-state index is 0.346. The van der Waals surface area contributed by atoms with Crippen LogP contribution in [0.1, 0.15) is 35.5 Å². The molecular weight excluding hydrogens is 320 g/mol. The minimum atomic E-state index is 0.346. The van der Waals surface area contributed by atoms with Gasteiger partial charge in [0.25, 0.3) is 0 Å². The van der Waals surface area contributed by atoms with E-state index in [2.05, 4.69) is 57.4 Å². The van der Waals surface area contributed by atoms with Crippen molar-refractivity contribution >= 4 is 27.3 Å². The molecule has 0 bridgehead atoms. The van der Waals surface area contributed by atoms with Gasteiger partial charge in [0.1, 0.15) is 0 Å². The van der Waals surface area contributed by atoms with Crippen molar-refractivity contribution in [2.24, 2.45) is 0 Å². The second-order valence-corrected chi connectivity index (χ2v) is 7.20. The molecule has 1 unspecified atom stereocenters. The van der Waals surface area contributed by atoms with E-state index in [1.807, 2.05) is 13.1 Å². The number of halogens is 1. The molecule has 0 fully saturated rings. The molecular formula is C15H19BrN2S. The lowest BCUT2D eigenvalue weighted by Gasteiger charge is -2.18. The monoisotopic (exact) mass is 338 g/mol. The topological polar surface area (TPSA) is 24.9 Å². The highest BCUT2D eigenvalue weighted by molar-refractivity contribution is 9.11. The second kappa shape index (κ2) is 7.17. The fourth-order valence-corrected chi connectivity index (χ4v) is 3.50. The number of nitrogens with one attached hydrogen (secondary N) is 1. The maximum Gasteiger partial charge on any atom is 0.0701 e. The lowest BCUT2D eigenvalue weighted by molar-refractivity contribution is 0.530. The summed E-state index contributed by atoms with van der Waals surface area (Å²) < 4.78 is 1.19. The van der Waals surface area contributed by atoms with Gasteiger partial charge < -0.3 is 5.32 Å². The van der Waals surface area contributed by atoms with E-state index in [-0.39, 0.29) is 0 Å². The van der Waals surface area contributed by atoms with E-state index in [1.54, 1.807) is 11.3 Å². The van der Waals surface area contributed by atoms with E-state index in [0.717, 1.165) is 25.1 Å². The molecule has 0 spiro atoms. The Kier molecular flexibility index (Phi) is 5.55. The predicted molar refractivity (Wildman–Crippen MR) is 85.7 cm³/mol. The van der Waals surface area contributed by atoms with Gasteiger partial charge in [0, 0.05) is 29.2 Å². The number of rotatable bonds is 6. The van der Waals surface area contributed by atoms with Gasteiger partial charge in [-0.3, -0.25) is 4.98 Å². The zero-order valence-corrected chi connectivity index (χ0v) is 13.7. The number of thiophene rings is 1. The molecule has 0 aliphatic carbocycles. The molecule has 0 radical (unpaired) electrons. The molecule has 102 valence electrons. The Balaban J connectivity index is 2.13. The molecule has 0 aliphatic heterocycles. The number of hydrogen-bond donors (Lipinski definition) is 1. The van der Waals surface area contributed by atoms with Crippen molar-refractivity contribution in [3.8, 4) is 0 Å². The first-order valence-electron chi connectivity index (χ1n) is 6.59. The molecule has 2 nitrogen and oxygen atoms in total. The maximum absolute atomic E-state index is 4.41. The first-order chi connectivity index (χ1) is 9.19. The van der Waals surface area contributed by atoms with Crippen molar-refractivity contribution < 1.29 is 0 Å². The van der Waals surface area contributed by atoms with Gasteiger partial charge in [0.15, 0.2) is 0 Å². The summed E-state index contributed by atoms with van der Waals surface area (Å²) in [5.41, 5.74) is 2.33. The Hall–Kier alpha value is -0.710. The van der Waals surface area contributed by atoms with Crippen LogP contribution >= 0.6 is 27.3 Å². The van der Waals surface area contributed by atoms with Crippen molar-refractivity contribution in [3.63, 3.8) is 0 Å². The molecule has 0 aromatic carbocycles. The van der Waals surface area contributed by atoms with Crippen LogP contribution in [0.3, 0.4) is 0 Å². The lowest BCUT2D eigenvalue weighted by Crippen LogP contribution is -2.24. The quantitative estimate of drug-likeness (QED) is 0.838. The van der Waals surface area contributed by atoms with Crippen LogP contribution in [0.2, 0.25) is 0 Å². The van der Waals surface area contributed by atoms with Crippen LogP contribution in [0, 0.1) is 6.92 Å². The van der Waals surface area contributed by atoms with E-state index in [1.165, 1.54) is 14.2 Å². The molecule has 0 saturated carbocycles. The molecule has 2 aromatic rings. The summed E-state index contributed by atoms with van der Waals surface area (Å²) in [6, 6.07) is 8.92. The van der Waals surface area contributed by atoms with E-state index < -0.39 is 0 Å². The van der Waals surface area contributed by atoms with Gasteiger partial charge in [0.2, 0.25) is 0 Å². The number of pyridine rings is 1. The van der Waals surface area contributed by atoms with E-state index in [4.69, 9.17) is 0 Å². The highest BCUT2D eigenvalue weighted by Crippen LogP contribution is 2.26. The molecule has 2 aromatic heterocycles. The van der Waals surface area contributed by atoms with Crippen molar-refractivity contribution in [2.75, 3.05) is 6.54 Å². The van der Waals surface area contributed by atoms with Crippen LogP contribution in [0.15, 0.2) is 34.2 Å². The first-order valence-corrected chi connectivity index (χ1v) is 8.20. The van der Waals surface area contributed by atoms with Gasteiger partial charge in [-0.2, -0.15) is 0 Å². The Morgan fingerprint density at radius 1 is 1.32 bits per heavy atom. The largest absolute Gasteiger partial charge is 0.310 e. The van der Waals surface area contributed by atoms with E-state index in [9.17, 15) is 0 Å². The summed E-state index contributed by atoms with van der Waals surface area (Å²) in [5.74, 6) is 0. The second-order valence-electron chi connectivity index (χ2n) is 4.65. The third-order valence-electron chi connectivity index (χ3n) is 3.01. The van der Waals surface area contributed by atoms with Gasteiger partial charge in [-0.25, -0.2) is 0 Å². The fourth-order valence-electron chi connectivity index (χ4n) is 1.97. The average Bonchev–Trinajstić information content (AvgIpc) is 2.81. The van der Waals surface area contributed by atoms with E-state index in [0.29, 0.717) is 6.04 Å². The predicted octanol–water partition coefficient (Wildman–Crippen LogP) is 4.50. The maximum atomic E-state index is 4.41. The van der Waals surface area contributed by atoms with Crippen LogP contribution in [-0.2, 0) is 6.42 Å². The third-order valence-corrected chi connectivity index (χ3v) is 4.66. The van der Waals surface area contributed by atoms with Crippen LogP contribution in [0.5, 0.6) is 0 Å². The first kappa shape index (κ1) is 14.7. The minimum Gasteiger partial charge on any atom is -0.310 e. The normalized spacial score (nSPS) is 12.6. The molecule has 19 heavy (non-hydrogen) atoms. The molecule has 2 rings (SSSR count). The van der Waals surface area contributed by atoms with Crippen molar-refractivity contribution in [1.82, 2.24) is 10.3 Å². The van der Waals surface area contributed by atoms with E-state index >= 15 is 0 Å². The molecule has 0 saturated heterocycles. The standard InChI is InChI=1S/C15H19BrN2S/c1-3-8-17-14(9-13-6-7-15(16)19-13)12-5-4-11(2)18-10-12/h4-7,10,14,17H,3,8-9H2,1-2H3. The number of nitrogens with zero attached hydrogens (tertiary/aromatic N) is 1. The average molecular weight is 339 g/mol. The SMILES string of the molecule is CCCNC(Cc1ccc(Br)s1)c1ccc(C)nc1. The number of aromatic nitrogens is 1. The summed E-state index contributed by atoms with van der Waals surface area (Å²) in [4.78, 5) is 5.80. The molecule has 2 heterocycles. The Morgan fingerprint density at radius 2 is 2.16 bits per heavy atom. The van der Waals surface area contributed by atoms with Crippen LogP contribution in [0.25, 0.3) is 0 Å². The highest BCUT2D eigenvalue weighted by atomic mass is 79.9. The van der Waals surface area contributed by atoms with Crippen molar-refractivity contribution in [1.29, 1.82) is 0 Å². The Bertz CT molecular complexity index is 507. The summed E-state index contributed by atoms with van der Waals surface area (Å²) in [6.45, 7) is 5.25. The fraction of sp³-hybridized carbons (Fsp3) is 0.400. The Labute approximate surface area is 127 Å². The van der Waals surface area contributed by atoms with Crippen molar-refractivity contribution in [3.05, 3.63) is 50.4 Å². The van der Waals surface area contributed by atoms with Gasteiger partial charge in [0.05, 0.1) is 3.79 Å².